The van der Waals surface area contributed by atoms with E-state index in [1.807, 2.05) is 11.8 Å². The minimum Gasteiger partial charge on any atom is -0.346 e. The van der Waals surface area contributed by atoms with Crippen LogP contribution in [0.2, 0.25) is 0 Å². The quantitative estimate of drug-likeness (QED) is 0.724. The van der Waals surface area contributed by atoms with Crippen LogP contribution in [0.3, 0.4) is 0 Å². The molecule has 1 atom stereocenters. The first kappa shape index (κ1) is 14.0. The van der Waals surface area contributed by atoms with Crippen molar-refractivity contribution in [3.63, 3.8) is 0 Å². The van der Waals surface area contributed by atoms with Crippen LogP contribution < -0.4 is 11.1 Å². The molecule has 1 saturated heterocycles. The summed E-state index contributed by atoms with van der Waals surface area (Å²) in [4.78, 5) is 25.1. The zero-order valence-electron chi connectivity index (χ0n) is 10.6. The van der Waals surface area contributed by atoms with Gasteiger partial charge in [-0.05, 0) is 25.7 Å². The summed E-state index contributed by atoms with van der Waals surface area (Å²) in [7, 11) is 0. The third kappa shape index (κ3) is 4.73. The lowest BCUT2D eigenvalue weighted by Crippen LogP contribution is -2.47. The molecular weight excluding hydrogens is 218 g/mol. The average molecular weight is 241 g/mol. The molecule has 1 aliphatic rings. The van der Waals surface area contributed by atoms with Crippen molar-refractivity contribution >= 4 is 11.8 Å². The molecule has 1 heterocycles. The first-order valence-corrected chi connectivity index (χ1v) is 6.46. The predicted octanol–water partition coefficient (Wildman–Crippen LogP) is 0.243. The number of carbonyl (C=O) groups is 2. The summed E-state index contributed by atoms with van der Waals surface area (Å²) in [6.07, 6.45) is 4.85. The van der Waals surface area contributed by atoms with Gasteiger partial charge in [-0.15, -0.1) is 0 Å². The van der Waals surface area contributed by atoms with Crippen LogP contribution in [0.5, 0.6) is 0 Å². The molecule has 1 aliphatic heterocycles. The van der Waals surface area contributed by atoms with Crippen LogP contribution in [0.25, 0.3) is 0 Å². The van der Waals surface area contributed by atoms with Gasteiger partial charge in [-0.3, -0.25) is 9.59 Å². The summed E-state index contributed by atoms with van der Waals surface area (Å²) in [5, 5.41) is 2.61. The van der Waals surface area contributed by atoms with E-state index in [4.69, 9.17) is 5.73 Å². The van der Waals surface area contributed by atoms with Gasteiger partial charge in [-0.2, -0.15) is 0 Å². The monoisotopic (exact) mass is 241 g/mol. The zero-order valence-corrected chi connectivity index (χ0v) is 10.6. The summed E-state index contributed by atoms with van der Waals surface area (Å²) in [5.74, 6) is -0.223. The molecule has 1 rings (SSSR count). The van der Waals surface area contributed by atoms with E-state index >= 15 is 0 Å². The second-order valence-corrected chi connectivity index (χ2v) is 4.55. The summed E-state index contributed by atoms with van der Waals surface area (Å²) < 4.78 is 0. The van der Waals surface area contributed by atoms with E-state index in [0.717, 1.165) is 32.4 Å². The zero-order chi connectivity index (χ0) is 12.7. The van der Waals surface area contributed by atoms with E-state index < -0.39 is 6.04 Å². The van der Waals surface area contributed by atoms with Gasteiger partial charge in [0.2, 0.25) is 11.8 Å². The normalized spacial score (nSPS) is 17.6. The van der Waals surface area contributed by atoms with Crippen LogP contribution in [-0.4, -0.2) is 42.4 Å². The molecular formula is C12H23N3O2. The third-order valence-corrected chi connectivity index (χ3v) is 3.06. The highest BCUT2D eigenvalue weighted by Crippen LogP contribution is 2.08. The van der Waals surface area contributed by atoms with Crippen molar-refractivity contribution in [1.29, 1.82) is 0 Å². The highest BCUT2D eigenvalue weighted by molar-refractivity contribution is 5.87. The first-order valence-electron chi connectivity index (χ1n) is 6.46. The maximum Gasteiger partial charge on any atom is 0.241 e. The van der Waals surface area contributed by atoms with Crippen molar-refractivity contribution in [1.82, 2.24) is 10.2 Å². The fraction of sp³-hybridized carbons (Fsp3) is 0.833. The van der Waals surface area contributed by atoms with Crippen LogP contribution >= 0.6 is 0 Å². The minimum atomic E-state index is -0.492. The number of nitrogens with one attached hydrogen (secondary N) is 1. The Labute approximate surface area is 103 Å². The number of piperidine rings is 1. The summed E-state index contributed by atoms with van der Waals surface area (Å²) >= 11 is 0. The molecule has 0 aromatic heterocycles. The van der Waals surface area contributed by atoms with Crippen molar-refractivity contribution in [2.75, 3.05) is 19.6 Å². The van der Waals surface area contributed by atoms with E-state index in [9.17, 15) is 9.59 Å². The smallest absolute Gasteiger partial charge is 0.241 e. The van der Waals surface area contributed by atoms with Gasteiger partial charge in [0.25, 0.3) is 0 Å². The molecule has 3 N–H and O–H groups in total. The highest BCUT2D eigenvalue weighted by Gasteiger charge is 2.18. The fourth-order valence-electron chi connectivity index (χ4n) is 1.99. The number of carbonyl (C=O) groups excluding carboxylic acids is 2. The van der Waals surface area contributed by atoms with Gasteiger partial charge in [0.1, 0.15) is 0 Å². The molecule has 0 spiro atoms. The van der Waals surface area contributed by atoms with Gasteiger partial charge < -0.3 is 16.0 Å². The van der Waals surface area contributed by atoms with Crippen LogP contribution in [0.15, 0.2) is 0 Å². The maximum atomic E-state index is 11.8. The third-order valence-electron chi connectivity index (χ3n) is 3.06. The number of amides is 2. The Hall–Kier alpha value is -1.10. The maximum absolute atomic E-state index is 11.8. The number of hydrogen-bond donors (Lipinski definition) is 2. The molecule has 2 amide bonds. The second-order valence-electron chi connectivity index (χ2n) is 4.55. The van der Waals surface area contributed by atoms with E-state index in [2.05, 4.69) is 5.32 Å². The molecule has 0 saturated carbocycles. The van der Waals surface area contributed by atoms with Crippen molar-refractivity contribution in [2.45, 2.75) is 45.1 Å². The molecule has 1 unspecified atom stereocenters. The van der Waals surface area contributed by atoms with Crippen molar-refractivity contribution in [2.24, 2.45) is 5.73 Å². The second kappa shape index (κ2) is 7.27. The summed E-state index contributed by atoms with van der Waals surface area (Å²) in [6.45, 7) is 3.69. The molecule has 0 aromatic carbocycles. The number of nitrogens with two attached hydrogens (primary N) is 1. The Morgan fingerprint density at radius 2 is 1.94 bits per heavy atom. The molecule has 0 aromatic rings. The van der Waals surface area contributed by atoms with Gasteiger partial charge in [0, 0.05) is 13.1 Å². The highest BCUT2D eigenvalue weighted by atomic mass is 16.2. The van der Waals surface area contributed by atoms with Crippen molar-refractivity contribution in [3.8, 4) is 0 Å². The van der Waals surface area contributed by atoms with Gasteiger partial charge in [-0.25, -0.2) is 0 Å². The Bertz CT molecular complexity index is 262. The van der Waals surface area contributed by atoms with Crippen LogP contribution in [0.4, 0.5) is 0 Å². The SMILES string of the molecule is CCCC(N)C(=O)NCC(=O)N1CCCCC1. The molecule has 0 bridgehead atoms. The van der Waals surface area contributed by atoms with Gasteiger partial charge in [0.05, 0.1) is 12.6 Å². The lowest BCUT2D eigenvalue weighted by atomic mass is 10.1. The Morgan fingerprint density at radius 1 is 1.29 bits per heavy atom. The summed E-state index contributed by atoms with van der Waals surface area (Å²) in [6, 6.07) is -0.492. The topological polar surface area (TPSA) is 75.4 Å². The van der Waals surface area contributed by atoms with Gasteiger partial charge in [0.15, 0.2) is 0 Å². The molecule has 1 fully saturated rings. The average Bonchev–Trinajstić information content (AvgIpc) is 2.36. The molecule has 5 nitrogen and oxygen atoms in total. The standard InChI is InChI=1S/C12H23N3O2/c1-2-6-10(13)12(17)14-9-11(16)15-7-4-3-5-8-15/h10H,2-9,13H2,1H3,(H,14,17). The van der Waals surface area contributed by atoms with E-state index in [1.54, 1.807) is 0 Å². The molecule has 0 aliphatic carbocycles. The van der Waals surface area contributed by atoms with Crippen molar-refractivity contribution < 1.29 is 9.59 Å². The lowest BCUT2D eigenvalue weighted by molar-refractivity contribution is -0.133. The first-order chi connectivity index (χ1) is 8.15. The van der Waals surface area contributed by atoms with Crippen LogP contribution in [0.1, 0.15) is 39.0 Å². The molecule has 5 heteroatoms. The van der Waals surface area contributed by atoms with Crippen LogP contribution in [-0.2, 0) is 9.59 Å². The number of nitrogens with zero attached hydrogens (tertiary/aromatic N) is 1. The van der Waals surface area contributed by atoms with E-state index in [1.165, 1.54) is 6.42 Å². The number of likely N-dealkylation sites (tertiary alicyclic amines) is 1. The van der Waals surface area contributed by atoms with Crippen LogP contribution in [0, 0.1) is 0 Å². The Morgan fingerprint density at radius 3 is 2.53 bits per heavy atom. The molecule has 17 heavy (non-hydrogen) atoms. The van der Waals surface area contributed by atoms with E-state index in [-0.39, 0.29) is 18.4 Å². The fourth-order valence-corrected chi connectivity index (χ4v) is 1.99. The Kier molecular flexibility index (Phi) is 5.97. The lowest BCUT2D eigenvalue weighted by Gasteiger charge is -2.26. The Balaban J connectivity index is 2.24. The largest absolute Gasteiger partial charge is 0.346 e. The van der Waals surface area contributed by atoms with Gasteiger partial charge >= 0.3 is 0 Å². The summed E-state index contributed by atoms with van der Waals surface area (Å²) in [5.41, 5.74) is 5.66. The van der Waals surface area contributed by atoms with E-state index in [0.29, 0.717) is 6.42 Å². The number of rotatable bonds is 5. The molecule has 98 valence electrons. The van der Waals surface area contributed by atoms with Crippen molar-refractivity contribution in [3.05, 3.63) is 0 Å². The minimum absolute atomic E-state index is 0.00162. The predicted molar refractivity (Wildman–Crippen MR) is 66.3 cm³/mol. The number of hydrogen-bond acceptors (Lipinski definition) is 3. The molecule has 0 radical (unpaired) electrons. The van der Waals surface area contributed by atoms with Gasteiger partial charge in [-0.1, -0.05) is 13.3 Å².